The highest BCUT2D eigenvalue weighted by Crippen LogP contribution is 2.21. The Kier molecular flexibility index (Phi) is 5.28. The number of sulfonamides is 1. The molecule has 0 bridgehead atoms. The van der Waals surface area contributed by atoms with Gasteiger partial charge < -0.3 is 9.64 Å². The van der Waals surface area contributed by atoms with Gasteiger partial charge in [-0.05, 0) is 31.5 Å². The Morgan fingerprint density at radius 1 is 1.23 bits per heavy atom. The van der Waals surface area contributed by atoms with Crippen LogP contribution in [-0.4, -0.2) is 55.7 Å². The van der Waals surface area contributed by atoms with E-state index >= 15 is 0 Å². The molecule has 1 aliphatic heterocycles. The summed E-state index contributed by atoms with van der Waals surface area (Å²) in [4.78, 5) is 14.2. The molecule has 0 aliphatic carbocycles. The summed E-state index contributed by atoms with van der Waals surface area (Å²) in [6, 6.07) is 6.82. The molecule has 0 spiro atoms. The zero-order valence-electron chi connectivity index (χ0n) is 14.8. The van der Waals surface area contributed by atoms with Gasteiger partial charge in [0, 0.05) is 18.8 Å². The first-order valence-electron chi connectivity index (χ1n) is 8.35. The van der Waals surface area contributed by atoms with Gasteiger partial charge in [-0.25, -0.2) is 8.42 Å². The average Bonchev–Trinajstić information content (AvgIpc) is 2.96. The number of carbonyl (C=O) groups is 1. The molecular formula is C17H22N4O4S. The molecule has 0 atom stereocenters. The SMILES string of the molecule is Cc1n[nH]c(C)c1S(=O)(=O)Nc1ccc(CC(=O)N2CCOCC2)cc1. The van der Waals surface area contributed by atoms with E-state index in [0.717, 1.165) is 5.56 Å². The maximum atomic E-state index is 12.5. The first-order chi connectivity index (χ1) is 12.4. The number of amides is 1. The topological polar surface area (TPSA) is 104 Å². The predicted molar refractivity (Wildman–Crippen MR) is 96.4 cm³/mol. The number of aromatic nitrogens is 2. The van der Waals surface area contributed by atoms with Crippen molar-refractivity contribution in [1.29, 1.82) is 0 Å². The van der Waals surface area contributed by atoms with Crippen molar-refractivity contribution in [3.63, 3.8) is 0 Å². The van der Waals surface area contributed by atoms with Crippen molar-refractivity contribution in [3.05, 3.63) is 41.2 Å². The van der Waals surface area contributed by atoms with E-state index in [1.54, 1.807) is 43.0 Å². The molecule has 8 nitrogen and oxygen atoms in total. The molecule has 1 aliphatic rings. The molecule has 1 aromatic carbocycles. The van der Waals surface area contributed by atoms with Crippen molar-refractivity contribution < 1.29 is 17.9 Å². The minimum atomic E-state index is -3.72. The maximum Gasteiger partial charge on any atom is 0.265 e. The number of hydrogen-bond acceptors (Lipinski definition) is 5. The fraction of sp³-hybridized carbons (Fsp3) is 0.412. The molecule has 1 aromatic heterocycles. The molecule has 9 heteroatoms. The summed E-state index contributed by atoms with van der Waals surface area (Å²) < 4.78 is 32.9. The average molecular weight is 378 g/mol. The van der Waals surface area contributed by atoms with Crippen LogP contribution >= 0.6 is 0 Å². The van der Waals surface area contributed by atoms with Crippen LogP contribution in [0.1, 0.15) is 17.0 Å². The van der Waals surface area contributed by atoms with Gasteiger partial charge in [0.1, 0.15) is 4.90 Å². The monoisotopic (exact) mass is 378 g/mol. The molecular weight excluding hydrogens is 356 g/mol. The van der Waals surface area contributed by atoms with Crippen molar-refractivity contribution in [1.82, 2.24) is 15.1 Å². The summed E-state index contributed by atoms with van der Waals surface area (Å²) in [5.74, 6) is 0.0475. The van der Waals surface area contributed by atoms with Gasteiger partial charge in [-0.15, -0.1) is 0 Å². The third-order valence-electron chi connectivity index (χ3n) is 4.25. The number of morpholine rings is 1. The fourth-order valence-electron chi connectivity index (χ4n) is 2.93. The molecule has 2 aromatic rings. The van der Waals surface area contributed by atoms with Crippen molar-refractivity contribution in [2.45, 2.75) is 25.2 Å². The van der Waals surface area contributed by atoms with Gasteiger partial charge in [0.15, 0.2) is 0 Å². The van der Waals surface area contributed by atoms with Crippen LogP contribution in [0.2, 0.25) is 0 Å². The third kappa shape index (κ3) is 4.05. The lowest BCUT2D eigenvalue weighted by molar-refractivity contribution is -0.134. The van der Waals surface area contributed by atoms with Gasteiger partial charge in [-0.1, -0.05) is 12.1 Å². The number of hydrogen-bond donors (Lipinski definition) is 2. The van der Waals surface area contributed by atoms with Crippen molar-refractivity contribution in [2.24, 2.45) is 0 Å². The van der Waals surface area contributed by atoms with Gasteiger partial charge in [0.2, 0.25) is 5.91 Å². The number of nitrogens with one attached hydrogen (secondary N) is 2. The Labute approximate surface area is 152 Å². The molecule has 0 unspecified atom stereocenters. The van der Waals surface area contributed by atoms with Crippen LogP contribution in [0, 0.1) is 13.8 Å². The lowest BCUT2D eigenvalue weighted by atomic mass is 10.1. The summed E-state index contributed by atoms with van der Waals surface area (Å²) in [5.41, 5.74) is 2.18. The molecule has 2 N–H and O–H groups in total. The highest BCUT2D eigenvalue weighted by Gasteiger charge is 2.22. The number of rotatable bonds is 5. The normalized spacial score (nSPS) is 15.1. The Hall–Kier alpha value is -2.39. The minimum Gasteiger partial charge on any atom is -0.378 e. The van der Waals surface area contributed by atoms with Crippen molar-refractivity contribution >= 4 is 21.6 Å². The van der Waals surface area contributed by atoms with Crippen LogP contribution in [-0.2, 0) is 26.0 Å². The number of H-pyrrole nitrogens is 1. The second-order valence-corrected chi connectivity index (χ2v) is 7.85. The Balaban J connectivity index is 1.67. The Morgan fingerprint density at radius 3 is 2.46 bits per heavy atom. The quantitative estimate of drug-likeness (QED) is 0.814. The minimum absolute atomic E-state index is 0.0475. The highest BCUT2D eigenvalue weighted by atomic mass is 32.2. The van der Waals surface area contributed by atoms with Crippen LogP contribution < -0.4 is 4.72 Å². The fourth-order valence-corrected chi connectivity index (χ4v) is 4.36. The Morgan fingerprint density at radius 2 is 1.88 bits per heavy atom. The molecule has 1 amide bonds. The second kappa shape index (κ2) is 7.46. The molecule has 3 rings (SSSR count). The first kappa shape index (κ1) is 18.4. The smallest absolute Gasteiger partial charge is 0.265 e. The number of carbonyl (C=O) groups excluding carboxylic acids is 1. The van der Waals surface area contributed by atoms with E-state index in [4.69, 9.17) is 4.74 Å². The van der Waals surface area contributed by atoms with Gasteiger partial charge in [-0.3, -0.25) is 14.6 Å². The summed E-state index contributed by atoms with van der Waals surface area (Å²) in [6.07, 6.45) is 0.285. The van der Waals surface area contributed by atoms with Crippen LogP contribution in [0.4, 0.5) is 5.69 Å². The van der Waals surface area contributed by atoms with Crippen LogP contribution in [0.3, 0.4) is 0 Å². The summed E-state index contributed by atoms with van der Waals surface area (Å²) in [6.45, 7) is 5.66. The predicted octanol–water partition coefficient (Wildman–Crippen LogP) is 1.23. The number of nitrogens with zero attached hydrogens (tertiary/aromatic N) is 2. The van der Waals surface area contributed by atoms with Gasteiger partial charge in [0.05, 0.1) is 31.0 Å². The second-order valence-electron chi connectivity index (χ2n) is 6.24. The number of benzene rings is 1. The van der Waals surface area contributed by atoms with E-state index in [1.807, 2.05) is 0 Å². The molecule has 1 fully saturated rings. The number of ether oxygens (including phenoxy) is 1. The van der Waals surface area contributed by atoms with Crippen molar-refractivity contribution in [3.8, 4) is 0 Å². The molecule has 0 saturated carbocycles. The van der Waals surface area contributed by atoms with Crippen molar-refractivity contribution in [2.75, 3.05) is 31.0 Å². The summed E-state index contributed by atoms with van der Waals surface area (Å²) >= 11 is 0. The molecule has 26 heavy (non-hydrogen) atoms. The number of aryl methyl sites for hydroxylation is 2. The molecule has 0 radical (unpaired) electrons. The van der Waals surface area contributed by atoms with E-state index in [2.05, 4.69) is 14.9 Å². The molecule has 140 valence electrons. The highest BCUT2D eigenvalue weighted by molar-refractivity contribution is 7.92. The van der Waals surface area contributed by atoms with E-state index < -0.39 is 10.0 Å². The van der Waals surface area contributed by atoms with Gasteiger partial charge >= 0.3 is 0 Å². The van der Waals surface area contributed by atoms with Gasteiger partial charge in [0.25, 0.3) is 10.0 Å². The van der Waals surface area contributed by atoms with Crippen LogP contribution in [0.15, 0.2) is 29.2 Å². The molecule has 1 saturated heterocycles. The summed E-state index contributed by atoms with van der Waals surface area (Å²) in [5, 5.41) is 6.59. The van der Waals surface area contributed by atoms with E-state index in [0.29, 0.717) is 43.4 Å². The summed E-state index contributed by atoms with van der Waals surface area (Å²) in [7, 11) is -3.72. The third-order valence-corrected chi connectivity index (χ3v) is 5.90. The standard InChI is InChI=1S/C17H22N4O4S/c1-12-17(13(2)19-18-12)26(23,24)20-15-5-3-14(4-6-15)11-16(22)21-7-9-25-10-8-21/h3-6,20H,7-11H2,1-2H3,(H,18,19). The number of anilines is 1. The lowest BCUT2D eigenvalue weighted by Gasteiger charge is -2.26. The van der Waals surface area contributed by atoms with Gasteiger partial charge in [-0.2, -0.15) is 5.10 Å². The Bertz CT molecular complexity index is 864. The zero-order chi connectivity index (χ0) is 18.7. The number of aromatic amines is 1. The zero-order valence-corrected chi connectivity index (χ0v) is 15.6. The van der Waals surface area contributed by atoms with E-state index in [9.17, 15) is 13.2 Å². The van der Waals surface area contributed by atoms with E-state index in [1.165, 1.54) is 0 Å². The first-order valence-corrected chi connectivity index (χ1v) is 9.84. The maximum absolute atomic E-state index is 12.5. The van der Waals surface area contributed by atoms with E-state index in [-0.39, 0.29) is 17.2 Å². The lowest BCUT2D eigenvalue weighted by Crippen LogP contribution is -2.41. The molecule has 2 heterocycles. The van der Waals surface area contributed by atoms with Crippen LogP contribution in [0.5, 0.6) is 0 Å². The van der Waals surface area contributed by atoms with Crippen LogP contribution in [0.25, 0.3) is 0 Å². The largest absolute Gasteiger partial charge is 0.378 e.